The summed E-state index contributed by atoms with van der Waals surface area (Å²) in [6, 6.07) is -0.524. The maximum Gasteiger partial charge on any atom is 0.321 e. The maximum absolute atomic E-state index is 11.9. The van der Waals surface area contributed by atoms with E-state index in [0.717, 1.165) is 31.6 Å². The molecule has 0 aromatic carbocycles. The van der Waals surface area contributed by atoms with Crippen LogP contribution in [-0.2, 0) is 9.53 Å². The Morgan fingerprint density at radius 3 is 2.48 bits per heavy atom. The molecule has 0 spiro atoms. The minimum atomic E-state index is -0.687. The van der Waals surface area contributed by atoms with Crippen molar-refractivity contribution >= 4 is 11.9 Å². The Bertz CT molecular complexity index is 352. The average Bonchev–Trinajstić information content (AvgIpc) is 2.49. The highest BCUT2D eigenvalue weighted by Crippen LogP contribution is 2.37. The largest absolute Gasteiger partial charge is 0.361 e. The van der Waals surface area contributed by atoms with Crippen molar-refractivity contribution in [2.45, 2.75) is 64.1 Å². The van der Waals surface area contributed by atoms with Crippen LogP contribution in [0.3, 0.4) is 0 Å². The normalized spacial score (nSPS) is 27.0. The van der Waals surface area contributed by atoms with Gasteiger partial charge in [0.15, 0.2) is 0 Å². The van der Waals surface area contributed by atoms with Crippen LogP contribution in [0.15, 0.2) is 0 Å². The van der Waals surface area contributed by atoms with Crippen LogP contribution in [0.2, 0.25) is 0 Å². The molecule has 1 atom stereocenters. The van der Waals surface area contributed by atoms with Crippen molar-refractivity contribution in [2.75, 3.05) is 13.6 Å². The van der Waals surface area contributed by atoms with E-state index < -0.39 is 23.6 Å². The van der Waals surface area contributed by atoms with Gasteiger partial charge >= 0.3 is 6.03 Å². The van der Waals surface area contributed by atoms with Crippen molar-refractivity contribution in [2.24, 2.45) is 11.7 Å². The highest BCUT2D eigenvalue weighted by atomic mass is 16.5. The zero-order valence-electron chi connectivity index (χ0n) is 13.4. The number of amides is 3. The van der Waals surface area contributed by atoms with E-state index in [2.05, 4.69) is 17.6 Å². The van der Waals surface area contributed by atoms with Crippen LogP contribution in [0, 0.1) is 5.92 Å². The van der Waals surface area contributed by atoms with Gasteiger partial charge in [-0.25, -0.2) is 4.79 Å². The second-order valence-electron chi connectivity index (χ2n) is 5.95. The summed E-state index contributed by atoms with van der Waals surface area (Å²) in [5, 5.41) is 4.58. The summed E-state index contributed by atoms with van der Waals surface area (Å²) < 4.78 is 5.94. The van der Waals surface area contributed by atoms with Crippen molar-refractivity contribution in [3.05, 3.63) is 0 Å². The molecule has 1 fully saturated rings. The number of imide groups is 1. The third-order valence-electron chi connectivity index (χ3n) is 4.35. The molecular weight excluding hydrogens is 270 g/mol. The Morgan fingerprint density at radius 2 is 2.00 bits per heavy atom. The molecule has 1 aliphatic rings. The Balaban J connectivity index is 2.53. The molecule has 3 amide bonds. The highest BCUT2D eigenvalue weighted by molar-refractivity contribution is 5.96. The van der Waals surface area contributed by atoms with Crippen LogP contribution in [0.25, 0.3) is 0 Å². The summed E-state index contributed by atoms with van der Waals surface area (Å²) >= 11 is 0. The molecule has 1 aliphatic carbocycles. The summed E-state index contributed by atoms with van der Waals surface area (Å²) in [5.74, 6) is 0.311. The number of nitrogens with one attached hydrogen (secondary N) is 2. The molecule has 0 bridgehead atoms. The standard InChI is InChI=1S/C15H29N3O3/c1-4-5-12-6-8-15(10-16,9-7-12)21-11(2)13(19)18-14(20)17-3/h11-12H,4-10,16H2,1-3H3,(H2,17,18,19,20). The van der Waals surface area contributed by atoms with Gasteiger partial charge in [0.05, 0.1) is 5.60 Å². The van der Waals surface area contributed by atoms with E-state index in [0.29, 0.717) is 6.54 Å². The fourth-order valence-electron chi connectivity index (χ4n) is 2.98. The SMILES string of the molecule is CCCC1CCC(CN)(OC(C)C(=O)NC(=O)NC)CC1. The van der Waals surface area contributed by atoms with Gasteiger partial charge in [0.2, 0.25) is 0 Å². The van der Waals surface area contributed by atoms with E-state index in [4.69, 9.17) is 10.5 Å². The number of urea groups is 1. The number of carbonyl (C=O) groups is 2. The lowest BCUT2D eigenvalue weighted by molar-refractivity contribution is -0.149. The van der Waals surface area contributed by atoms with Gasteiger partial charge in [-0.15, -0.1) is 0 Å². The van der Waals surface area contributed by atoms with Crippen molar-refractivity contribution in [1.82, 2.24) is 10.6 Å². The van der Waals surface area contributed by atoms with Crippen LogP contribution in [0.5, 0.6) is 0 Å². The molecule has 1 rings (SSSR count). The predicted octanol–water partition coefficient (Wildman–Crippen LogP) is 1.53. The van der Waals surface area contributed by atoms with Crippen LogP contribution >= 0.6 is 0 Å². The van der Waals surface area contributed by atoms with Crippen molar-refractivity contribution in [3.63, 3.8) is 0 Å². The maximum atomic E-state index is 11.9. The van der Waals surface area contributed by atoms with Crippen molar-refractivity contribution in [1.29, 1.82) is 0 Å². The number of ether oxygens (including phenoxy) is 1. The minimum Gasteiger partial charge on any atom is -0.361 e. The molecule has 6 heteroatoms. The van der Waals surface area contributed by atoms with Crippen LogP contribution < -0.4 is 16.4 Å². The Morgan fingerprint density at radius 1 is 1.38 bits per heavy atom. The second kappa shape index (κ2) is 8.34. The topological polar surface area (TPSA) is 93.4 Å². The average molecular weight is 299 g/mol. The van der Waals surface area contributed by atoms with Crippen LogP contribution in [-0.4, -0.2) is 37.2 Å². The molecule has 0 aliphatic heterocycles. The Hall–Kier alpha value is -1.14. The molecule has 0 aromatic heterocycles. The fraction of sp³-hybridized carbons (Fsp3) is 0.867. The lowest BCUT2D eigenvalue weighted by Gasteiger charge is -2.40. The van der Waals surface area contributed by atoms with Gasteiger partial charge in [-0.3, -0.25) is 10.1 Å². The number of nitrogens with two attached hydrogens (primary N) is 1. The number of hydrogen-bond donors (Lipinski definition) is 3. The third-order valence-corrected chi connectivity index (χ3v) is 4.35. The summed E-state index contributed by atoms with van der Waals surface area (Å²) in [6.07, 6.45) is 5.70. The lowest BCUT2D eigenvalue weighted by Crippen LogP contribution is -2.50. The molecule has 1 unspecified atom stereocenters. The fourth-order valence-corrected chi connectivity index (χ4v) is 2.98. The van der Waals surface area contributed by atoms with Crippen LogP contribution in [0.1, 0.15) is 52.4 Å². The first-order chi connectivity index (χ1) is 9.96. The molecule has 4 N–H and O–H groups in total. The number of rotatable bonds is 6. The minimum absolute atomic E-state index is 0.406. The van der Waals surface area contributed by atoms with E-state index >= 15 is 0 Å². The Labute approximate surface area is 127 Å². The predicted molar refractivity (Wildman–Crippen MR) is 81.8 cm³/mol. The first-order valence-corrected chi connectivity index (χ1v) is 7.86. The molecule has 122 valence electrons. The summed E-state index contributed by atoms with van der Waals surface area (Å²) in [7, 11) is 1.46. The van der Waals surface area contributed by atoms with Crippen LogP contribution in [0.4, 0.5) is 4.79 Å². The van der Waals surface area contributed by atoms with E-state index in [1.54, 1.807) is 6.92 Å². The van der Waals surface area contributed by atoms with Crippen molar-refractivity contribution in [3.8, 4) is 0 Å². The zero-order valence-corrected chi connectivity index (χ0v) is 13.4. The molecule has 0 aromatic rings. The van der Waals surface area contributed by atoms with Gasteiger partial charge in [-0.05, 0) is 38.5 Å². The molecule has 6 nitrogen and oxygen atoms in total. The van der Waals surface area contributed by atoms with Crippen molar-refractivity contribution < 1.29 is 14.3 Å². The third kappa shape index (κ3) is 5.28. The smallest absolute Gasteiger partial charge is 0.321 e. The lowest BCUT2D eigenvalue weighted by atomic mass is 9.77. The quantitative estimate of drug-likeness (QED) is 0.693. The molecule has 1 saturated carbocycles. The van der Waals surface area contributed by atoms with Gasteiger partial charge in [-0.1, -0.05) is 19.8 Å². The van der Waals surface area contributed by atoms with E-state index in [9.17, 15) is 9.59 Å². The summed E-state index contributed by atoms with van der Waals surface area (Å²) in [5.41, 5.74) is 5.47. The zero-order chi connectivity index (χ0) is 15.9. The summed E-state index contributed by atoms with van der Waals surface area (Å²) in [6.45, 7) is 4.27. The molecule has 0 radical (unpaired) electrons. The number of hydrogen-bond acceptors (Lipinski definition) is 4. The van der Waals surface area contributed by atoms with Gasteiger partial charge < -0.3 is 15.8 Å². The number of carbonyl (C=O) groups excluding carboxylic acids is 2. The Kier molecular flexibility index (Phi) is 7.11. The van der Waals surface area contributed by atoms with Gasteiger partial charge in [0.25, 0.3) is 5.91 Å². The van der Waals surface area contributed by atoms with E-state index in [-0.39, 0.29) is 0 Å². The first kappa shape index (κ1) is 17.9. The van der Waals surface area contributed by atoms with E-state index in [1.807, 2.05) is 0 Å². The van der Waals surface area contributed by atoms with Gasteiger partial charge in [-0.2, -0.15) is 0 Å². The monoisotopic (exact) mass is 299 g/mol. The van der Waals surface area contributed by atoms with Gasteiger partial charge in [0.1, 0.15) is 6.10 Å². The van der Waals surface area contributed by atoms with Gasteiger partial charge in [0, 0.05) is 13.6 Å². The summed E-state index contributed by atoms with van der Waals surface area (Å²) in [4.78, 5) is 23.0. The van der Waals surface area contributed by atoms with E-state index in [1.165, 1.54) is 19.9 Å². The molecular formula is C15H29N3O3. The highest BCUT2D eigenvalue weighted by Gasteiger charge is 2.37. The first-order valence-electron chi connectivity index (χ1n) is 7.86. The second-order valence-corrected chi connectivity index (χ2v) is 5.95. The molecule has 0 saturated heterocycles. The molecule has 21 heavy (non-hydrogen) atoms. The molecule has 0 heterocycles.